The van der Waals surface area contributed by atoms with Crippen LogP contribution in [0.4, 0.5) is 0 Å². The van der Waals surface area contributed by atoms with Gasteiger partial charge in [0, 0.05) is 31.6 Å². The number of unbranched alkanes of at least 4 members (excludes halogenated alkanes) is 3. The third kappa shape index (κ3) is 7.60. The molecule has 0 unspecified atom stereocenters. The Morgan fingerprint density at radius 2 is 1.34 bits per heavy atom. The first-order valence-electron chi connectivity index (χ1n) is 11.3. The van der Waals surface area contributed by atoms with Gasteiger partial charge in [0.2, 0.25) is 0 Å². The molecule has 0 aromatic carbocycles. The summed E-state index contributed by atoms with van der Waals surface area (Å²) in [6, 6.07) is 0. The highest BCUT2D eigenvalue weighted by atomic mass is 16.2. The number of hydrogen-bond donors (Lipinski definition) is 0. The van der Waals surface area contributed by atoms with Gasteiger partial charge < -0.3 is 0 Å². The van der Waals surface area contributed by atoms with Crippen molar-refractivity contribution in [2.24, 2.45) is 17.3 Å². The van der Waals surface area contributed by atoms with Crippen LogP contribution in [0.3, 0.4) is 0 Å². The molecule has 29 heavy (non-hydrogen) atoms. The quantitative estimate of drug-likeness (QED) is 0.372. The lowest BCUT2D eigenvalue weighted by Gasteiger charge is -2.31. The van der Waals surface area contributed by atoms with Crippen LogP contribution in [0.5, 0.6) is 0 Å². The van der Waals surface area contributed by atoms with Gasteiger partial charge in [-0.1, -0.05) is 46.0 Å². The van der Waals surface area contributed by atoms with E-state index in [-0.39, 0.29) is 65.9 Å². The number of hydrogen-bond acceptors (Lipinski definition) is 5. The molecule has 5 nitrogen and oxygen atoms in total. The molecule has 2 rings (SSSR count). The standard InChI is InChI=1S/C24H36O5/c1-24(2)15-21(28)23(22(29)16-24)19(26)13-9-4-3-8-12-18(25)14-20(27)17-10-6-5-7-11-17/h17,23H,3-16H2,1-2H3. The number of ketones is 5. The number of carbonyl (C=O) groups excluding carboxylic acids is 5. The topological polar surface area (TPSA) is 85.3 Å². The molecule has 5 heteroatoms. The van der Waals surface area contributed by atoms with Crippen LogP contribution in [0.2, 0.25) is 0 Å². The summed E-state index contributed by atoms with van der Waals surface area (Å²) in [7, 11) is 0. The number of carbonyl (C=O) groups is 5. The molecule has 2 aliphatic carbocycles. The van der Waals surface area contributed by atoms with Crippen molar-refractivity contribution >= 4 is 28.9 Å². The van der Waals surface area contributed by atoms with E-state index in [4.69, 9.17) is 0 Å². The lowest BCUT2D eigenvalue weighted by Crippen LogP contribution is -2.41. The fourth-order valence-electron chi connectivity index (χ4n) is 4.72. The van der Waals surface area contributed by atoms with Crippen molar-refractivity contribution in [2.75, 3.05) is 0 Å². The van der Waals surface area contributed by atoms with Gasteiger partial charge >= 0.3 is 0 Å². The highest BCUT2D eigenvalue weighted by molar-refractivity contribution is 6.20. The summed E-state index contributed by atoms with van der Waals surface area (Å²) in [6.45, 7) is 3.76. The third-order valence-electron chi connectivity index (χ3n) is 6.33. The molecule has 0 saturated heterocycles. The molecule has 0 N–H and O–H groups in total. The monoisotopic (exact) mass is 404 g/mol. The normalized spacial score (nSPS) is 20.6. The van der Waals surface area contributed by atoms with Gasteiger partial charge in [-0.05, 0) is 31.1 Å². The summed E-state index contributed by atoms with van der Waals surface area (Å²) in [5.74, 6) is -1.52. The molecule has 0 amide bonds. The first kappa shape index (κ1) is 23.6. The zero-order valence-electron chi connectivity index (χ0n) is 18.1. The lowest BCUT2D eigenvalue weighted by atomic mass is 9.70. The predicted molar refractivity (Wildman–Crippen MR) is 110 cm³/mol. The number of Topliss-reactive ketones (excluding diaryl/α,β-unsaturated/α-hetero) is 5. The molecular formula is C24H36O5. The second-order valence-corrected chi connectivity index (χ2v) is 9.78. The molecule has 2 fully saturated rings. The molecule has 162 valence electrons. The molecular weight excluding hydrogens is 368 g/mol. The zero-order valence-corrected chi connectivity index (χ0v) is 18.1. The van der Waals surface area contributed by atoms with E-state index in [1.807, 2.05) is 13.8 Å². The fourth-order valence-corrected chi connectivity index (χ4v) is 4.72. The minimum atomic E-state index is -1.05. The largest absolute Gasteiger partial charge is 0.299 e. The second kappa shape index (κ2) is 10.9. The van der Waals surface area contributed by atoms with Crippen molar-refractivity contribution in [3.05, 3.63) is 0 Å². The van der Waals surface area contributed by atoms with Crippen molar-refractivity contribution < 1.29 is 24.0 Å². The van der Waals surface area contributed by atoms with Gasteiger partial charge in [-0.3, -0.25) is 24.0 Å². The van der Waals surface area contributed by atoms with Crippen LogP contribution in [0, 0.1) is 17.3 Å². The van der Waals surface area contributed by atoms with E-state index >= 15 is 0 Å². The van der Waals surface area contributed by atoms with Crippen LogP contribution in [-0.2, 0) is 24.0 Å². The molecule has 2 saturated carbocycles. The van der Waals surface area contributed by atoms with Crippen LogP contribution in [-0.4, -0.2) is 28.9 Å². The molecule has 0 aliphatic heterocycles. The average Bonchev–Trinajstić information content (AvgIpc) is 2.63. The van der Waals surface area contributed by atoms with Crippen LogP contribution in [0.1, 0.15) is 104 Å². The Bertz CT molecular complexity index is 620. The van der Waals surface area contributed by atoms with Gasteiger partial charge in [-0.2, -0.15) is 0 Å². The van der Waals surface area contributed by atoms with Gasteiger partial charge in [0.1, 0.15) is 17.5 Å². The Morgan fingerprint density at radius 3 is 1.93 bits per heavy atom. The summed E-state index contributed by atoms with van der Waals surface area (Å²) in [5, 5.41) is 0. The molecule has 2 aliphatic rings. The molecule has 0 bridgehead atoms. The van der Waals surface area contributed by atoms with Crippen LogP contribution < -0.4 is 0 Å². The Hall–Kier alpha value is -1.65. The summed E-state index contributed by atoms with van der Waals surface area (Å²) in [6.07, 6.45) is 9.53. The van der Waals surface area contributed by atoms with E-state index in [1.165, 1.54) is 6.42 Å². The van der Waals surface area contributed by atoms with Crippen LogP contribution >= 0.6 is 0 Å². The molecule has 0 atom stereocenters. The van der Waals surface area contributed by atoms with Crippen LogP contribution in [0.15, 0.2) is 0 Å². The first-order chi connectivity index (χ1) is 13.7. The Morgan fingerprint density at radius 1 is 0.793 bits per heavy atom. The van der Waals surface area contributed by atoms with E-state index in [1.54, 1.807) is 0 Å². The Balaban J connectivity index is 1.58. The SMILES string of the molecule is CC1(C)CC(=O)C(C(=O)CCCCCCC(=O)CC(=O)C2CCCCC2)C(=O)C1. The summed E-state index contributed by atoms with van der Waals surface area (Å²) in [4.78, 5) is 60.8. The zero-order chi connectivity index (χ0) is 21.4. The first-order valence-corrected chi connectivity index (χ1v) is 11.3. The molecule has 0 aromatic heterocycles. The maximum absolute atomic E-state index is 12.3. The molecule has 0 radical (unpaired) electrons. The Labute approximate surface area is 174 Å². The van der Waals surface area contributed by atoms with Gasteiger partial charge in [0.15, 0.2) is 17.3 Å². The molecule has 0 heterocycles. The van der Waals surface area contributed by atoms with E-state index in [0.717, 1.165) is 44.9 Å². The van der Waals surface area contributed by atoms with Gasteiger partial charge in [-0.15, -0.1) is 0 Å². The maximum atomic E-state index is 12.3. The second-order valence-electron chi connectivity index (χ2n) is 9.78. The van der Waals surface area contributed by atoms with Crippen LogP contribution in [0.25, 0.3) is 0 Å². The van der Waals surface area contributed by atoms with E-state index in [0.29, 0.717) is 12.8 Å². The van der Waals surface area contributed by atoms with Crippen molar-refractivity contribution in [3.63, 3.8) is 0 Å². The smallest absolute Gasteiger partial charge is 0.151 e. The lowest BCUT2D eigenvalue weighted by molar-refractivity contribution is -0.145. The van der Waals surface area contributed by atoms with E-state index in [9.17, 15) is 24.0 Å². The predicted octanol–water partition coefficient (Wildman–Crippen LogP) is 4.58. The fraction of sp³-hybridized carbons (Fsp3) is 0.792. The average molecular weight is 405 g/mol. The van der Waals surface area contributed by atoms with Crippen molar-refractivity contribution in [2.45, 2.75) is 104 Å². The highest BCUT2D eigenvalue weighted by Gasteiger charge is 2.42. The Kier molecular flexibility index (Phi) is 8.91. The van der Waals surface area contributed by atoms with E-state index < -0.39 is 5.92 Å². The van der Waals surface area contributed by atoms with Gasteiger partial charge in [-0.25, -0.2) is 0 Å². The van der Waals surface area contributed by atoms with Crippen molar-refractivity contribution in [3.8, 4) is 0 Å². The summed E-state index contributed by atoms with van der Waals surface area (Å²) >= 11 is 0. The highest BCUT2D eigenvalue weighted by Crippen LogP contribution is 2.34. The van der Waals surface area contributed by atoms with Gasteiger partial charge in [0.05, 0.1) is 6.42 Å². The van der Waals surface area contributed by atoms with E-state index in [2.05, 4.69) is 0 Å². The third-order valence-corrected chi connectivity index (χ3v) is 6.33. The maximum Gasteiger partial charge on any atom is 0.151 e. The summed E-state index contributed by atoms with van der Waals surface area (Å²) in [5.41, 5.74) is -0.337. The van der Waals surface area contributed by atoms with Gasteiger partial charge in [0.25, 0.3) is 0 Å². The minimum Gasteiger partial charge on any atom is -0.299 e. The van der Waals surface area contributed by atoms with Crippen molar-refractivity contribution in [1.82, 2.24) is 0 Å². The minimum absolute atomic E-state index is 0.0256. The number of rotatable bonds is 11. The molecule has 0 aromatic rings. The van der Waals surface area contributed by atoms with Crippen molar-refractivity contribution in [1.29, 1.82) is 0 Å². The summed E-state index contributed by atoms with van der Waals surface area (Å²) < 4.78 is 0. The molecule has 0 spiro atoms.